The van der Waals surface area contributed by atoms with E-state index in [4.69, 9.17) is 10.2 Å². The van der Waals surface area contributed by atoms with Gasteiger partial charge in [0.1, 0.15) is 11.3 Å². The molecular formula is C21H21FN6O. The van der Waals surface area contributed by atoms with Crippen LogP contribution in [0.25, 0.3) is 33.7 Å². The zero-order valence-electron chi connectivity index (χ0n) is 16.0. The van der Waals surface area contributed by atoms with Crippen LogP contribution in [-0.4, -0.2) is 44.8 Å². The van der Waals surface area contributed by atoms with E-state index in [0.29, 0.717) is 17.1 Å². The van der Waals surface area contributed by atoms with Crippen LogP contribution in [0, 0.1) is 5.82 Å². The number of piperidine rings is 1. The van der Waals surface area contributed by atoms with Gasteiger partial charge >= 0.3 is 0 Å². The maximum absolute atomic E-state index is 14.0. The van der Waals surface area contributed by atoms with Crippen molar-refractivity contribution in [2.75, 3.05) is 25.9 Å². The van der Waals surface area contributed by atoms with Crippen molar-refractivity contribution in [3.63, 3.8) is 0 Å². The van der Waals surface area contributed by atoms with E-state index in [0.717, 1.165) is 37.1 Å². The maximum atomic E-state index is 14.0. The molecule has 0 aliphatic carbocycles. The number of nitrogens with zero attached hydrogens (tertiary/aromatic N) is 5. The molecule has 29 heavy (non-hydrogen) atoms. The quantitative estimate of drug-likeness (QED) is 0.572. The van der Waals surface area contributed by atoms with Gasteiger partial charge in [-0.05, 0) is 51.2 Å². The minimum absolute atomic E-state index is 0.113. The maximum Gasteiger partial charge on any atom is 0.231 e. The number of hydrogen-bond acceptors (Lipinski definition) is 6. The van der Waals surface area contributed by atoms with Crippen molar-refractivity contribution >= 4 is 16.9 Å². The van der Waals surface area contributed by atoms with E-state index in [2.05, 4.69) is 27.0 Å². The number of benzene rings is 1. The molecule has 0 unspecified atom stereocenters. The molecule has 0 spiro atoms. The second-order valence-electron chi connectivity index (χ2n) is 7.51. The van der Waals surface area contributed by atoms with Crippen molar-refractivity contribution in [2.24, 2.45) is 0 Å². The monoisotopic (exact) mass is 392 g/mol. The van der Waals surface area contributed by atoms with Gasteiger partial charge < -0.3 is 15.1 Å². The molecule has 4 aromatic rings. The summed E-state index contributed by atoms with van der Waals surface area (Å²) in [5.41, 5.74) is 8.96. The van der Waals surface area contributed by atoms with Crippen LogP contribution in [-0.2, 0) is 0 Å². The Balaban J connectivity index is 1.49. The van der Waals surface area contributed by atoms with Crippen LogP contribution in [0.15, 0.2) is 47.3 Å². The van der Waals surface area contributed by atoms with Gasteiger partial charge in [0.15, 0.2) is 11.4 Å². The Morgan fingerprint density at radius 2 is 2.00 bits per heavy atom. The van der Waals surface area contributed by atoms with E-state index >= 15 is 0 Å². The first-order valence-corrected chi connectivity index (χ1v) is 9.62. The number of pyridine rings is 1. The van der Waals surface area contributed by atoms with Gasteiger partial charge in [0.2, 0.25) is 5.89 Å². The molecule has 7 nitrogen and oxygen atoms in total. The Labute approximate surface area is 167 Å². The minimum Gasteiger partial charge on any atom is -0.433 e. The molecule has 4 heterocycles. The molecule has 0 bridgehead atoms. The van der Waals surface area contributed by atoms with Crippen LogP contribution in [0.5, 0.6) is 0 Å². The summed E-state index contributed by atoms with van der Waals surface area (Å²) < 4.78 is 21.6. The highest BCUT2D eigenvalue weighted by atomic mass is 19.1. The highest BCUT2D eigenvalue weighted by Crippen LogP contribution is 2.32. The Morgan fingerprint density at radius 3 is 2.79 bits per heavy atom. The van der Waals surface area contributed by atoms with E-state index in [9.17, 15) is 4.39 Å². The molecule has 8 heteroatoms. The van der Waals surface area contributed by atoms with Gasteiger partial charge in [-0.2, -0.15) is 5.10 Å². The van der Waals surface area contributed by atoms with E-state index in [1.165, 1.54) is 6.07 Å². The lowest BCUT2D eigenvalue weighted by molar-refractivity contribution is 0.212. The summed E-state index contributed by atoms with van der Waals surface area (Å²) in [6.07, 6.45) is 7.74. The Kier molecular flexibility index (Phi) is 4.28. The Bertz CT molecular complexity index is 1180. The first-order valence-electron chi connectivity index (χ1n) is 9.62. The molecule has 2 N–H and O–H groups in total. The molecule has 148 valence electrons. The smallest absolute Gasteiger partial charge is 0.231 e. The van der Waals surface area contributed by atoms with Crippen LogP contribution in [0.2, 0.25) is 0 Å². The van der Waals surface area contributed by atoms with E-state index in [1.807, 2.05) is 23.1 Å². The summed E-state index contributed by atoms with van der Waals surface area (Å²) in [6, 6.07) is 6.90. The molecule has 0 radical (unpaired) electrons. The largest absolute Gasteiger partial charge is 0.433 e. The number of rotatable bonds is 3. The van der Waals surface area contributed by atoms with Gasteiger partial charge in [0, 0.05) is 23.5 Å². The summed E-state index contributed by atoms with van der Waals surface area (Å²) >= 11 is 0. The molecule has 1 saturated heterocycles. The Hall–Kier alpha value is -3.26. The molecule has 0 saturated carbocycles. The van der Waals surface area contributed by atoms with Crippen molar-refractivity contribution < 1.29 is 8.81 Å². The molecule has 1 fully saturated rings. The number of para-hydroxylation sites is 1. The van der Waals surface area contributed by atoms with E-state index < -0.39 is 5.82 Å². The average molecular weight is 392 g/mol. The van der Waals surface area contributed by atoms with Gasteiger partial charge in [-0.25, -0.2) is 14.4 Å². The topological polar surface area (TPSA) is 86.0 Å². The lowest BCUT2D eigenvalue weighted by Crippen LogP contribution is -2.31. The van der Waals surface area contributed by atoms with E-state index in [1.54, 1.807) is 18.3 Å². The molecule has 1 aliphatic rings. The number of nitrogen functional groups attached to an aromatic ring is 1. The highest BCUT2D eigenvalue weighted by Gasteiger charge is 2.20. The predicted molar refractivity (Wildman–Crippen MR) is 109 cm³/mol. The third kappa shape index (κ3) is 3.25. The second kappa shape index (κ2) is 6.97. The summed E-state index contributed by atoms with van der Waals surface area (Å²) in [7, 11) is 2.14. The molecule has 1 aliphatic heterocycles. The standard InChI is InChI=1S/C21H21FN6O/c1-27-7-5-15(6-8-27)28-12-14(11-25-28)13-9-16(20(23)24-10-13)21-26-18-4-2-3-17(22)19(18)29-21/h2-4,9-12,15H,5-8H2,1H3,(H2,23,24). The number of anilines is 1. The Morgan fingerprint density at radius 1 is 1.17 bits per heavy atom. The van der Waals surface area contributed by atoms with Crippen molar-refractivity contribution in [2.45, 2.75) is 18.9 Å². The molecular weight excluding hydrogens is 371 g/mol. The summed E-state index contributed by atoms with van der Waals surface area (Å²) in [5.74, 6) is 0.0754. The summed E-state index contributed by atoms with van der Waals surface area (Å²) in [5, 5.41) is 4.56. The van der Waals surface area contributed by atoms with Gasteiger partial charge in [-0.1, -0.05) is 6.07 Å². The highest BCUT2D eigenvalue weighted by molar-refractivity contribution is 5.81. The number of aromatic nitrogens is 4. The SMILES string of the molecule is CN1CCC(n2cc(-c3cnc(N)c(-c4nc5cccc(F)c5o4)c3)cn2)CC1. The van der Waals surface area contributed by atoms with Crippen molar-refractivity contribution in [1.82, 2.24) is 24.6 Å². The van der Waals surface area contributed by atoms with Gasteiger partial charge in [0.25, 0.3) is 0 Å². The molecule has 3 aromatic heterocycles. The molecule has 1 aromatic carbocycles. The third-order valence-corrected chi connectivity index (χ3v) is 5.51. The fourth-order valence-electron chi connectivity index (χ4n) is 3.78. The molecule has 5 rings (SSSR count). The van der Waals surface area contributed by atoms with Gasteiger partial charge in [-0.3, -0.25) is 4.68 Å². The lowest BCUT2D eigenvalue weighted by atomic mass is 10.1. The molecule has 0 amide bonds. The number of fused-ring (bicyclic) bond motifs is 1. The van der Waals surface area contributed by atoms with Crippen LogP contribution in [0.4, 0.5) is 10.2 Å². The lowest BCUT2D eigenvalue weighted by Gasteiger charge is -2.28. The fourth-order valence-corrected chi connectivity index (χ4v) is 3.78. The van der Waals surface area contributed by atoms with Crippen LogP contribution >= 0.6 is 0 Å². The number of oxazole rings is 1. The zero-order chi connectivity index (χ0) is 20.0. The summed E-state index contributed by atoms with van der Waals surface area (Å²) in [6.45, 7) is 2.14. The number of likely N-dealkylation sites (tertiary alicyclic amines) is 1. The van der Waals surface area contributed by atoms with E-state index in [-0.39, 0.29) is 17.3 Å². The average Bonchev–Trinajstić information content (AvgIpc) is 3.37. The van der Waals surface area contributed by atoms with Crippen molar-refractivity contribution in [1.29, 1.82) is 0 Å². The van der Waals surface area contributed by atoms with Crippen molar-refractivity contribution in [3.8, 4) is 22.6 Å². The first-order chi connectivity index (χ1) is 14.1. The van der Waals surface area contributed by atoms with Crippen LogP contribution in [0.1, 0.15) is 18.9 Å². The predicted octanol–water partition coefficient (Wildman–Crippen LogP) is 3.74. The van der Waals surface area contributed by atoms with Crippen LogP contribution < -0.4 is 5.73 Å². The van der Waals surface area contributed by atoms with Crippen LogP contribution in [0.3, 0.4) is 0 Å². The first kappa shape index (κ1) is 17.8. The second-order valence-corrected chi connectivity index (χ2v) is 7.51. The number of nitrogens with two attached hydrogens (primary N) is 1. The minimum atomic E-state index is -0.455. The summed E-state index contributed by atoms with van der Waals surface area (Å²) in [4.78, 5) is 11.0. The third-order valence-electron chi connectivity index (χ3n) is 5.51. The van der Waals surface area contributed by atoms with Crippen molar-refractivity contribution in [3.05, 3.63) is 48.7 Å². The number of hydrogen-bond donors (Lipinski definition) is 1. The normalized spacial score (nSPS) is 15.9. The number of halogens is 1. The van der Waals surface area contributed by atoms with Gasteiger partial charge in [0.05, 0.1) is 17.8 Å². The van der Waals surface area contributed by atoms with Gasteiger partial charge in [-0.15, -0.1) is 0 Å². The molecule has 0 atom stereocenters. The fraction of sp³-hybridized carbons (Fsp3) is 0.286. The zero-order valence-corrected chi connectivity index (χ0v) is 16.0.